The summed E-state index contributed by atoms with van der Waals surface area (Å²) < 4.78 is 27.0. The molecule has 20 heavy (non-hydrogen) atoms. The minimum absolute atomic E-state index is 0.0574. The molecule has 0 bridgehead atoms. The van der Waals surface area contributed by atoms with Crippen molar-refractivity contribution in [2.24, 2.45) is 0 Å². The Bertz CT molecular complexity index is 627. The lowest BCUT2D eigenvalue weighted by molar-refractivity contribution is -0.153. The lowest BCUT2D eigenvalue weighted by Crippen LogP contribution is -2.20. The number of ketones is 2. The Morgan fingerprint density at radius 2 is 1.65 bits per heavy atom. The molecule has 0 aliphatic heterocycles. The van der Waals surface area contributed by atoms with Crippen LogP contribution in [0.2, 0.25) is 0 Å². The van der Waals surface area contributed by atoms with Gasteiger partial charge in [-0.2, -0.15) is 0 Å². The number of carbonyl (C=O) groups is 3. The monoisotopic (exact) mass is 298 g/mol. The van der Waals surface area contributed by atoms with Crippen molar-refractivity contribution in [3.8, 4) is 0 Å². The molecule has 1 aromatic rings. The normalized spacial score (nSPS) is 10.9. The molecule has 0 aromatic heterocycles. The smallest absolute Gasteiger partial charge is 0.375 e. The summed E-state index contributed by atoms with van der Waals surface area (Å²) in [5.74, 6) is -2.54. The van der Waals surface area contributed by atoms with E-state index in [0.29, 0.717) is 0 Å². The van der Waals surface area contributed by atoms with Crippen LogP contribution >= 0.6 is 0 Å². The number of esters is 1. The Balaban J connectivity index is 2.79. The molecule has 0 atom stereocenters. The molecule has 0 heterocycles. The van der Waals surface area contributed by atoms with Crippen molar-refractivity contribution < 1.29 is 27.5 Å². The Morgan fingerprint density at radius 1 is 1.10 bits per heavy atom. The Labute approximate surface area is 116 Å². The molecule has 1 aromatic carbocycles. The third-order valence-electron chi connectivity index (χ3n) is 2.43. The van der Waals surface area contributed by atoms with Gasteiger partial charge in [0, 0.05) is 11.8 Å². The molecule has 0 unspecified atom stereocenters. The summed E-state index contributed by atoms with van der Waals surface area (Å²) in [6.07, 6.45) is 0.450. The first-order chi connectivity index (χ1) is 9.25. The standard InChI is InChI=1S/C13H14O6S/c1-3-19-13(16)12(15)8-11(14)9-4-6-10(7-5-9)20(2,17)18/h4-7H,3,8H2,1-2H3. The SMILES string of the molecule is CCOC(=O)C(=O)CC(=O)c1ccc(S(C)(=O)=O)cc1. The summed E-state index contributed by atoms with van der Waals surface area (Å²) in [5, 5.41) is 0. The summed E-state index contributed by atoms with van der Waals surface area (Å²) in [5.41, 5.74) is 0.162. The first-order valence-electron chi connectivity index (χ1n) is 5.79. The van der Waals surface area contributed by atoms with Gasteiger partial charge < -0.3 is 4.74 Å². The molecule has 0 aliphatic rings. The Morgan fingerprint density at radius 3 is 2.10 bits per heavy atom. The van der Waals surface area contributed by atoms with Gasteiger partial charge in [0.1, 0.15) is 0 Å². The third kappa shape index (κ3) is 4.27. The molecule has 1 rings (SSSR count). The average Bonchev–Trinajstić information content (AvgIpc) is 2.38. The van der Waals surface area contributed by atoms with Crippen molar-refractivity contribution in [1.82, 2.24) is 0 Å². The molecule has 0 aliphatic carbocycles. The number of hydrogen-bond acceptors (Lipinski definition) is 6. The second kappa shape index (κ2) is 6.42. The van der Waals surface area contributed by atoms with Crippen LogP contribution in [0, 0.1) is 0 Å². The number of carbonyl (C=O) groups excluding carboxylic acids is 3. The van der Waals surface area contributed by atoms with Crippen molar-refractivity contribution in [2.45, 2.75) is 18.2 Å². The average molecular weight is 298 g/mol. The quantitative estimate of drug-likeness (QED) is 0.333. The van der Waals surface area contributed by atoms with Crippen LogP contribution in [0.25, 0.3) is 0 Å². The molecule has 0 amide bonds. The molecule has 7 heteroatoms. The zero-order valence-electron chi connectivity index (χ0n) is 11.1. The van der Waals surface area contributed by atoms with Crippen LogP contribution in [0.1, 0.15) is 23.7 Å². The van der Waals surface area contributed by atoms with E-state index in [1.165, 1.54) is 24.3 Å². The molecule has 0 saturated heterocycles. The number of ether oxygens (including phenoxy) is 1. The van der Waals surface area contributed by atoms with E-state index in [1.54, 1.807) is 6.92 Å². The summed E-state index contributed by atoms with van der Waals surface area (Å²) in [4.78, 5) is 34.3. The van der Waals surface area contributed by atoms with Gasteiger partial charge in [-0.15, -0.1) is 0 Å². The van der Waals surface area contributed by atoms with E-state index in [1.807, 2.05) is 0 Å². The molecular formula is C13H14O6S. The van der Waals surface area contributed by atoms with Crippen LogP contribution < -0.4 is 0 Å². The van der Waals surface area contributed by atoms with Crippen molar-refractivity contribution >= 4 is 27.4 Å². The van der Waals surface area contributed by atoms with E-state index >= 15 is 0 Å². The first kappa shape index (κ1) is 16.0. The third-order valence-corrected chi connectivity index (χ3v) is 3.56. The summed E-state index contributed by atoms with van der Waals surface area (Å²) in [6.45, 7) is 1.61. The summed E-state index contributed by atoms with van der Waals surface area (Å²) in [7, 11) is -3.34. The summed E-state index contributed by atoms with van der Waals surface area (Å²) in [6, 6.07) is 5.16. The minimum Gasteiger partial charge on any atom is -0.460 e. The van der Waals surface area contributed by atoms with Crippen LogP contribution in [0.5, 0.6) is 0 Å². The highest BCUT2D eigenvalue weighted by atomic mass is 32.2. The number of Topliss-reactive ketones (excluding diaryl/α,β-unsaturated/α-hetero) is 2. The van der Waals surface area contributed by atoms with Crippen LogP contribution in [0.3, 0.4) is 0 Å². The maximum absolute atomic E-state index is 11.7. The fourth-order valence-electron chi connectivity index (χ4n) is 1.42. The van der Waals surface area contributed by atoms with Crippen molar-refractivity contribution in [2.75, 3.05) is 12.9 Å². The molecule has 6 nitrogen and oxygen atoms in total. The molecule has 0 spiro atoms. The minimum atomic E-state index is -3.34. The van der Waals surface area contributed by atoms with E-state index in [2.05, 4.69) is 4.74 Å². The van der Waals surface area contributed by atoms with Gasteiger partial charge in [-0.25, -0.2) is 13.2 Å². The lowest BCUT2D eigenvalue weighted by Gasteiger charge is -2.02. The molecule has 0 fully saturated rings. The lowest BCUT2D eigenvalue weighted by atomic mass is 10.1. The predicted molar refractivity (Wildman–Crippen MR) is 70.1 cm³/mol. The predicted octanol–water partition coefficient (Wildman–Crippen LogP) is 0.795. The van der Waals surface area contributed by atoms with Gasteiger partial charge >= 0.3 is 5.97 Å². The van der Waals surface area contributed by atoms with Crippen LogP contribution in [-0.2, 0) is 24.2 Å². The van der Waals surface area contributed by atoms with Gasteiger partial charge in [0.05, 0.1) is 17.9 Å². The first-order valence-corrected chi connectivity index (χ1v) is 7.68. The van der Waals surface area contributed by atoms with E-state index < -0.39 is 33.8 Å². The van der Waals surface area contributed by atoms with Crippen LogP contribution in [0.15, 0.2) is 29.2 Å². The van der Waals surface area contributed by atoms with E-state index in [-0.39, 0.29) is 17.1 Å². The highest BCUT2D eigenvalue weighted by Crippen LogP contribution is 2.12. The topological polar surface area (TPSA) is 94.6 Å². The molecule has 108 valence electrons. The van der Waals surface area contributed by atoms with Crippen LogP contribution in [-0.4, -0.2) is 38.8 Å². The Hall–Kier alpha value is -2.02. The number of sulfone groups is 1. The van der Waals surface area contributed by atoms with E-state index in [0.717, 1.165) is 6.26 Å². The van der Waals surface area contributed by atoms with E-state index in [4.69, 9.17) is 0 Å². The second-order valence-corrected chi connectivity index (χ2v) is 6.06. The van der Waals surface area contributed by atoms with Gasteiger partial charge in [-0.3, -0.25) is 9.59 Å². The zero-order chi connectivity index (χ0) is 15.3. The van der Waals surface area contributed by atoms with Crippen molar-refractivity contribution in [3.63, 3.8) is 0 Å². The Kier molecular flexibility index (Phi) is 5.15. The van der Waals surface area contributed by atoms with Gasteiger partial charge in [0.15, 0.2) is 15.6 Å². The molecule has 0 saturated carbocycles. The van der Waals surface area contributed by atoms with Gasteiger partial charge in [-0.05, 0) is 19.1 Å². The van der Waals surface area contributed by atoms with Gasteiger partial charge in [0.2, 0.25) is 5.78 Å². The maximum atomic E-state index is 11.7. The zero-order valence-corrected chi connectivity index (χ0v) is 11.9. The number of benzene rings is 1. The molecule has 0 radical (unpaired) electrons. The van der Waals surface area contributed by atoms with Gasteiger partial charge in [-0.1, -0.05) is 12.1 Å². The summed E-state index contributed by atoms with van der Waals surface area (Å²) >= 11 is 0. The second-order valence-electron chi connectivity index (χ2n) is 4.04. The maximum Gasteiger partial charge on any atom is 0.375 e. The van der Waals surface area contributed by atoms with Gasteiger partial charge in [0.25, 0.3) is 0 Å². The highest BCUT2D eigenvalue weighted by Gasteiger charge is 2.20. The van der Waals surface area contributed by atoms with Crippen molar-refractivity contribution in [1.29, 1.82) is 0 Å². The number of hydrogen-bond donors (Lipinski definition) is 0. The number of rotatable bonds is 6. The van der Waals surface area contributed by atoms with Crippen molar-refractivity contribution in [3.05, 3.63) is 29.8 Å². The fraction of sp³-hybridized carbons (Fsp3) is 0.308. The van der Waals surface area contributed by atoms with Crippen LogP contribution in [0.4, 0.5) is 0 Å². The van der Waals surface area contributed by atoms with E-state index in [9.17, 15) is 22.8 Å². The molecule has 0 N–H and O–H groups in total. The fourth-order valence-corrected chi connectivity index (χ4v) is 2.05. The highest BCUT2D eigenvalue weighted by molar-refractivity contribution is 7.90. The largest absolute Gasteiger partial charge is 0.460 e. The molecular weight excluding hydrogens is 284 g/mol.